The van der Waals surface area contributed by atoms with Gasteiger partial charge in [-0.2, -0.15) is 0 Å². The molecule has 1 aliphatic heterocycles. The van der Waals surface area contributed by atoms with Crippen molar-refractivity contribution in [1.82, 2.24) is 4.90 Å². The molecule has 0 spiro atoms. The van der Waals surface area contributed by atoms with Crippen LogP contribution in [-0.2, 0) is 4.79 Å². The SMILES string of the molecule is CN(C)c1ccc(C2C3CCCC4C3C2C(=O)N4C)cc1. The second-order valence-electron chi connectivity index (χ2n) is 7.23. The van der Waals surface area contributed by atoms with Gasteiger partial charge >= 0.3 is 0 Å². The minimum Gasteiger partial charge on any atom is -0.378 e. The Morgan fingerprint density at radius 3 is 2.48 bits per heavy atom. The van der Waals surface area contributed by atoms with E-state index >= 15 is 0 Å². The molecule has 1 aromatic carbocycles. The monoisotopic (exact) mass is 284 g/mol. The van der Waals surface area contributed by atoms with E-state index in [0.29, 0.717) is 23.8 Å². The fourth-order valence-corrected chi connectivity index (χ4v) is 5.14. The maximum absolute atomic E-state index is 12.6. The molecule has 2 aliphatic carbocycles. The first-order valence-electron chi connectivity index (χ1n) is 8.13. The van der Waals surface area contributed by atoms with Crippen LogP contribution in [0.15, 0.2) is 24.3 Å². The highest BCUT2D eigenvalue weighted by Crippen LogP contribution is 2.62. The second-order valence-corrected chi connectivity index (χ2v) is 7.23. The molecule has 1 aromatic rings. The molecule has 3 fully saturated rings. The van der Waals surface area contributed by atoms with Crippen LogP contribution in [-0.4, -0.2) is 38.0 Å². The molecule has 0 bridgehead atoms. The Labute approximate surface area is 126 Å². The van der Waals surface area contributed by atoms with Gasteiger partial charge in [-0.05, 0) is 48.3 Å². The minimum atomic E-state index is 0.260. The average molecular weight is 284 g/mol. The van der Waals surface area contributed by atoms with Crippen LogP contribution >= 0.6 is 0 Å². The van der Waals surface area contributed by atoms with Gasteiger partial charge in [0.15, 0.2) is 0 Å². The number of anilines is 1. The van der Waals surface area contributed by atoms with E-state index in [1.165, 1.54) is 30.5 Å². The lowest BCUT2D eigenvalue weighted by Gasteiger charge is -2.52. The van der Waals surface area contributed by atoms with Crippen LogP contribution in [0.25, 0.3) is 0 Å². The molecule has 3 aliphatic rings. The molecule has 3 nitrogen and oxygen atoms in total. The molecule has 0 aromatic heterocycles. The molecule has 5 atom stereocenters. The molecule has 1 amide bonds. The number of amides is 1. The summed E-state index contributed by atoms with van der Waals surface area (Å²) in [6.45, 7) is 0. The van der Waals surface area contributed by atoms with Crippen LogP contribution in [0.1, 0.15) is 30.7 Å². The van der Waals surface area contributed by atoms with Crippen molar-refractivity contribution in [2.75, 3.05) is 26.0 Å². The van der Waals surface area contributed by atoms with Crippen LogP contribution < -0.4 is 4.90 Å². The Morgan fingerprint density at radius 2 is 1.81 bits per heavy atom. The van der Waals surface area contributed by atoms with Gasteiger partial charge in [0.1, 0.15) is 0 Å². The summed E-state index contributed by atoms with van der Waals surface area (Å²) in [6.07, 6.45) is 3.80. The van der Waals surface area contributed by atoms with Crippen molar-refractivity contribution in [1.29, 1.82) is 0 Å². The standard InChI is InChI=1S/C18H24N2O/c1-19(2)12-9-7-11(8-10-12)15-13-5-4-6-14-16(13)17(15)18(21)20(14)3/h7-10,13-17H,4-6H2,1-3H3. The van der Waals surface area contributed by atoms with E-state index in [-0.39, 0.29) is 5.92 Å². The Balaban J connectivity index is 1.65. The third kappa shape index (κ3) is 1.69. The molecule has 4 rings (SSSR count). The van der Waals surface area contributed by atoms with Gasteiger partial charge in [0, 0.05) is 32.9 Å². The molecular weight excluding hydrogens is 260 g/mol. The molecule has 1 saturated heterocycles. The summed E-state index contributed by atoms with van der Waals surface area (Å²) in [5.74, 6) is 2.48. The number of hydrogen-bond acceptors (Lipinski definition) is 2. The molecule has 0 radical (unpaired) electrons. The van der Waals surface area contributed by atoms with E-state index in [4.69, 9.17) is 0 Å². The summed E-state index contributed by atoms with van der Waals surface area (Å²) in [6, 6.07) is 9.38. The topological polar surface area (TPSA) is 23.6 Å². The van der Waals surface area contributed by atoms with Gasteiger partial charge < -0.3 is 9.80 Å². The number of nitrogens with zero attached hydrogens (tertiary/aromatic N) is 2. The second kappa shape index (κ2) is 4.49. The highest BCUT2D eigenvalue weighted by Gasteiger charge is 2.63. The van der Waals surface area contributed by atoms with E-state index in [1.807, 2.05) is 7.05 Å². The van der Waals surface area contributed by atoms with E-state index in [2.05, 4.69) is 48.2 Å². The molecule has 0 N–H and O–H groups in total. The van der Waals surface area contributed by atoms with E-state index in [9.17, 15) is 4.79 Å². The van der Waals surface area contributed by atoms with Gasteiger partial charge in [-0.15, -0.1) is 0 Å². The summed E-state index contributed by atoms with van der Waals surface area (Å²) >= 11 is 0. The maximum Gasteiger partial charge on any atom is 0.226 e. The quantitative estimate of drug-likeness (QED) is 0.833. The first-order valence-corrected chi connectivity index (χ1v) is 8.13. The van der Waals surface area contributed by atoms with Gasteiger partial charge in [0.25, 0.3) is 0 Å². The molecule has 3 heteroatoms. The van der Waals surface area contributed by atoms with E-state index < -0.39 is 0 Å². The number of benzene rings is 1. The number of carbonyl (C=O) groups is 1. The fraction of sp³-hybridized carbons (Fsp3) is 0.611. The van der Waals surface area contributed by atoms with Gasteiger partial charge in [0.2, 0.25) is 5.91 Å². The summed E-state index contributed by atoms with van der Waals surface area (Å²) in [5.41, 5.74) is 2.60. The van der Waals surface area contributed by atoms with Crippen LogP contribution in [0.3, 0.4) is 0 Å². The fourth-order valence-electron chi connectivity index (χ4n) is 5.14. The van der Waals surface area contributed by atoms with Crippen LogP contribution in [0.4, 0.5) is 5.69 Å². The predicted octanol–water partition coefficient (Wildman–Crippen LogP) is 2.72. The lowest BCUT2D eigenvalue weighted by Crippen LogP contribution is -2.50. The Bertz CT molecular complexity index is 565. The molecule has 2 saturated carbocycles. The first-order chi connectivity index (χ1) is 10.1. The van der Waals surface area contributed by atoms with E-state index in [1.54, 1.807) is 0 Å². The summed E-state index contributed by atoms with van der Waals surface area (Å²) in [4.78, 5) is 16.8. The highest BCUT2D eigenvalue weighted by molar-refractivity contribution is 5.85. The predicted molar refractivity (Wildman–Crippen MR) is 84.4 cm³/mol. The van der Waals surface area contributed by atoms with Gasteiger partial charge in [-0.3, -0.25) is 4.79 Å². The number of hydrogen-bond donors (Lipinski definition) is 0. The maximum atomic E-state index is 12.6. The smallest absolute Gasteiger partial charge is 0.226 e. The van der Waals surface area contributed by atoms with Crippen molar-refractivity contribution in [3.63, 3.8) is 0 Å². The lowest BCUT2D eigenvalue weighted by atomic mass is 9.50. The van der Waals surface area contributed by atoms with Crippen molar-refractivity contribution in [2.24, 2.45) is 17.8 Å². The van der Waals surface area contributed by atoms with E-state index in [0.717, 1.165) is 5.92 Å². The molecule has 21 heavy (non-hydrogen) atoms. The van der Waals surface area contributed by atoms with Crippen molar-refractivity contribution < 1.29 is 4.79 Å². The third-order valence-corrected chi connectivity index (χ3v) is 6.16. The Kier molecular flexibility index (Phi) is 2.82. The normalized spacial score (nSPS) is 37.2. The Hall–Kier alpha value is -1.51. The van der Waals surface area contributed by atoms with Crippen LogP contribution in [0.2, 0.25) is 0 Å². The van der Waals surface area contributed by atoms with Crippen molar-refractivity contribution in [2.45, 2.75) is 31.2 Å². The first kappa shape index (κ1) is 13.2. The summed E-state index contributed by atoms with van der Waals surface area (Å²) < 4.78 is 0. The number of likely N-dealkylation sites (tertiary alicyclic amines) is 1. The molecule has 5 unspecified atom stereocenters. The zero-order valence-electron chi connectivity index (χ0n) is 13.1. The average Bonchev–Trinajstić information content (AvgIpc) is 2.70. The van der Waals surface area contributed by atoms with Crippen LogP contribution in [0, 0.1) is 17.8 Å². The van der Waals surface area contributed by atoms with Crippen molar-refractivity contribution in [3.8, 4) is 0 Å². The van der Waals surface area contributed by atoms with Crippen molar-refractivity contribution >= 4 is 11.6 Å². The van der Waals surface area contributed by atoms with Gasteiger partial charge in [0.05, 0.1) is 5.92 Å². The van der Waals surface area contributed by atoms with Crippen LogP contribution in [0.5, 0.6) is 0 Å². The number of rotatable bonds is 2. The van der Waals surface area contributed by atoms with Gasteiger partial charge in [-0.1, -0.05) is 18.6 Å². The molecular formula is C18H24N2O. The Morgan fingerprint density at radius 1 is 1.10 bits per heavy atom. The van der Waals surface area contributed by atoms with Gasteiger partial charge in [-0.25, -0.2) is 0 Å². The zero-order valence-corrected chi connectivity index (χ0v) is 13.1. The zero-order chi connectivity index (χ0) is 14.7. The summed E-state index contributed by atoms with van der Waals surface area (Å²) in [5, 5.41) is 0. The molecule has 112 valence electrons. The highest BCUT2D eigenvalue weighted by atomic mass is 16.2. The van der Waals surface area contributed by atoms with Crippen molar-refractivity contribution in [3.05, 3.63) is 29.8 Å². The largest absolute Gasteiger partial charge is 0.378 e. The summed E-state index contributed by atoms with van der Waals surface area (Å²) in [7, 11) is 6.14. The molecule has 1 heterocycles. The number of carbonyl (C=O) groups excluding carboxylic acids is 1. The minimum absolute atomic E-state index is 0.260. The third-order valence-electron chi connectivity index (χ3n) is 6.16. The lowest BCUT2D eigenvalue weighted by molar-refractivity contribution is -0.134.